The van der Waals surface area contributed by atoms with E-state index in [1.54, 1.807) is 0 Å². The Labute approximate surface area is 129 Å². The second-order valence-corrected chi connectivity index (χ2v) is 6.21. The molecular formula is C18H31NO2. The van der Waals surface area contributed by atoms with Gasteiger partial charge in [-0.2, -0.15) is 0 Å². The standard InChI is InChI=1S/C18H31NO2/c1-4-9-18(20,10-5-2)14-21-17-8-6-7-16(12-17)11-15(3)13-19/h6-8,12,15,20H,4-5,9-11,13-14,19H2,1-3H3/t15-/m1/s1. The maximum atomic E-state index is 10.6. The van der Waals surface area contributed by atoms with E-state index in [1.165, 1.54) is 5.56 Å². The lowest BCUT2D eigenvalue weighted by Crippen LogP contribution is -2.35. The van der Waals surface area contributed by atoms with Gasteiger partial charge in [-0.3, -0.25) is 0 Å². The lowest BCUT2D eigenvalue weighted by Gasteiger charge is -2.27. The third-order valence-corrected chi connectivity index (χ3v) is 3.82. The molecule has 0 unspecified atom stereocenters. The lowest BCUT2D eigenvalue weighted by molar-refractivity contribution is -0.0202. The zero-order valence-corrected chi connectivity index (χ0v) is 13.8. The summed E-state index contributed by atoms with van der Waals surface area (Å²) >= 11 is 0. The van der Waals surface area contributed by atoms with Gasteiger partial charge in [-0.05, 0) is 49.4 Å². The molecule has 0 spiro atoms. The second-order valence-electron chi connectivity index (χ2n) is 6.21. The van der Waals surface area contributed by atoms with E-state index < -0.39 is 5.60 Å². The Kier molecular flexibility index (Phi) is 7.76. The van der Waals surface area contributed by atoms with Gasteiger partial charge in [0.15, 0.2) is 0 Å². The number of benzene rings is 1. The van der Waals surface area contributed by atoms with Crippen molar-refractivity contribution in [1.82, 2.24) is 0 Å². The van der Waals surface area contributed by atoms with Crippen LogP contribution in [0.25, 0.3) is 0 Å². The van der Waals surface area contributed by atoms with E-state index in [0.717, 1.165) is 37.9 Å². The van der Waals surface area contributed by atoms with Gasteiger partial charge in [0.1, 0.15) is 12.4 Å². The number of hydrogen-bond donors (Lipinski definition) is 2. The summed E-state index contributed by atoms with van der Waals surface area (Å²) in [6.07, 6.45) is 4.46. The van der Waals surface area contributed by atoms with Crippen molar-refractivity contribution in [2.45, 2.75) is 58.5 Å². The molecule has 1 atom stereocenters. The molecule has 0 saturated heterocycles. The van der Waals surface area contributed by atoms with E-state index in [2.05, 4.69) is 32.9 Å². The number of nitrogens with two attached hydrogens (primary N) is 1. The molecule has 0 aliphatic heterocycles. The van der Waals surface area contributed by atoms with Crippen molar-refractivity contribution in [3.63, 3.8) is 0 Å². The first kappa shape index (κ1) is 18.0. The zero-order chi connectivity index (χ0) is 15.7. The fraction of sp³-hybridized carbons (Fsp3) is 0.667. The van der Waals surface area contributed by atoms with Crippen LogP contribution in [-0.4, -0.2) is 23.9 Å². The Bertz CT molecular complexity index is 400. The van der Waals surface area contributed by atoms with Crippen molar-refractivity contribution in [2.75, 3.05) is 13.2 Å². The predicted octanol–water partition coefficient (Wildman–Crippen LogP) is 3.53. The van der Waals surface area contributed by atoms with Crippen LogP contribution in [0.4, 0.5) is 0 Å². The largest absolute Gasteiger partial charge is 0.491 e. The van der Waals surface area contributed by atoms with Gasteiger partial charge in [0.05, 0.1) is 5.60 Å². The molecule has 3 nitrogen and oxygen atoms in total. The minimum absolute atomic E-state index is 0.366. The van der Waals surface area contributed by atoms with Crippen LogP contribution in [0.5, 0.6) is 5.75 Å². The third kappa shape index (κ3) is 6.49. The maximum Gasteiger partial charge on any atom is 0.119 e. The monoisotopic (exact) mass is 293 g/mol. The number of rotatable bonds is 10. The van der Waals surface area contributed by atoms with E-state index in [4.69, 9.17) is 10.5 Å². The molecule has 0 saturated carbocycles. The van der Waals surface area contributed by atoms with Crippen molar-refractivity contribution in [3.8, 4) is 5.75 Å². The highest BCUT2D eigenvalue weighted by molar-refractivity contribution is 5.29. The van der Waals surface area contributed by atoms with Crippen molar-refractivity contribution in [3.05, 3.63) is 29.8 Å². The molecule has 0 aliphatic rings. The van der Waals surface area contributed by atoms with Crippen molar-refractivity contribution < 1.29 is 9.84 Å². The van der Waals surface area contributed by atoms with E-state index >= 15 is 0 Å². The highest BCUT2D eigenvalue weighted by Gasteiger charge is 2.25. The molecule has 21 heavy (non-hydrogen) atoms. The molecule has 0 heterocycles. The van der Waals surface area contributed by atoms with E-state index in [9.17, 15) is 5.11 Å². The fourth-order valence-electron chi connectivity index (χ4n) is 2.67. The molecule has 1 aromatic carbocycles. The first-order valence-corrected chi connectivity index (χ1v) is 8.17. The summed E-state index contributed by atoms with van der Waals surface area (Å²) in [5, 5.41) is 10.6. The minimum atomic E-state index is -0.704. The Morgan fingerprint density at radius 3 is 2.48 bits per heavy atom. The van der Waals surface area contributed by atoms with Gasteiger partial charge in [-0.1, -0.05) is 45.7 Å². The molecular weight excluding hydrogens is 262 g/mol. The Hall–Kier alpha value is -1.06. The smallest absolute Gasteiger partial charge is 0.119 e. The zero-order valence-electron chi connectivity index (χ0n) is 13.8. The molecule has 120 valence electrons. The highest BCUT2D eigenvalue weighted by atomic mass is 16.5. The van der Waals surface area contributed by atoms with Crippen LogP contribution in [0, 0.1) is 5.92 Å². The lowest BCUT2D eigenvalue weighted by atomic mass is 9.94. The molecule has 3 N–H and O–H groups in total. The molecule has 0 amide bonds. The number of ether oxygens (including phenoxy) is 1. The van der Waals surface area contributed by atoms with Crippen LogP contribution in [0.1, 0.15) is 52.0 Å². The number of hydrogen-bond acceptors (Lipinski definition) is 3. The summed E-state index contributed by atoms with van der Waals surface area (Å²) in [5.74, 6) is 1.31. The molecule has 1 rings (SSSR count). The summed E-state index contributed by atoms with van der Waals surface area (Å²) in [6, 6.07) is 8.12. The summed E-state index contributed by atoms with van der Waals surface area (Å²) < 4.78 is 5.85. The van der Waals surface area contributed by atoms with Crippen LogP contribution in [0.15, 0.2) is 24.3 Å². The van der Waals surface area contributed by atoms with Crippen molar-refractivity contribution in [1.29, 1.82) is 0 Å². The third-order valence-electron chi connectivity index (χ3n) is 3.82. The molecule has 1 aromatic rings. The van der Waals surface area contributed by atoms with Crippen LogP contribution < -0.4 is 10.5 Å². The summed E-state index contributed by atoms with van der Waals surface area (Å²) in [4.78, 5) is 0. The Balaban J connectivity index is 2.63. The highest BCUT2D eigenvalue weighted by Crippen LogP contribution is 2.23. The second kappa shape index (κ2) is 9.06. The van der Waals surface area contributed by atoms with Gasteiger partial charge >= 0.3 is 0 Å². The quantitative estimate of drug-likeness (QED) is 0.694. The topological polar surface area (TPSA) is 55.5 Å². The Morgan fingerprint density at radius 2 is 1.90 bits per heavy atom. The van der Waals surface area contributed by atoms with E-state index in [1.807, 2.05) is 12.1 Å². The van der Waals surface area contributed by atoms with E-state index in [0.29, 0.717) is 19.1 Å². The van der Waals surface area contributed by atoms with E-state index in [-0.39, 0.29) is 0 Å². The SMILES string of the molecule is CCCC(O)(CCC)COc1cccc(C[C@@H](C)CN)c1. The van der Waals surface area contributed by atoms with Crippen LogP contribution in [0.3, 0.4) is 0 Å². The average molecular weight is 293 g/mol. The van der Waals surface area contributed by atoms with Gasteiger partial charge in [0, 0.05) is 0 Å². The molecule has 0 aliphatic carbocycles. The normalized spacial score (nSPS) is 13.2. The summed E-state index contributed by atoms with van der Waals surface area (Å²) in [5.41, 5.74) is 6.21. The predicted molar refractivity (Wildman–Crippen MR) is 88.6 cm³/mol. The van der Waals surface area contributed by atoms with Gasteiger partial charge < -0.3 is 15.6 Å². The minimum Gasteiger partial charge on any atom is -0.491 e. The summed E-state index contributed by atoms with van der Waals surface area (Å²) in [6.45, 7) is 7.39. The van der Waals surface area contributed by atoms with Gasteiger partial charge in [-0.25, -0.2) is 0 Å². The van der Waals surface area contributed by atoms with Crippen LogP contribution in [-0.2, 0) is 6.42 Å². The molecule has 0 bridgehead atoms. The first-order valence-electron chi connectivity index (χ1n) is 8.17. The van der Waals surface area contributed by atoms with Crippen LogP contribution in [0.2, 0.25) is 0 Å². The van der Waals surface area contributed by atoms with Gasteiger partial charge in [-0.15, -0.1) is 0 Å². The molecule has 0 radical (unpaired) electrons. The van der Waals surface area contributed by atoms with Gasteiger partial charge in [0.25, 0.3) is 0 Å². The Morgan fingerprint density at radius 1 is 1.24 bits per heavy atom. The average Bonchev–Trinajstić information content (AvgIpc) is 2.46. The summed E-state index contributed by atoms with van der Waals surface area (Å²) in [7, 11) is 0. The fourth-order valence-corrected chi connectivity index (χ4v) is 2.67. The van der Waals surface area contributed by atoms with Crippen LogP contribution >= 0.6 is 0 Å². The molecule has 3 heteroatoms. The molecule has 0 fully saturated rings. The van der Waals surface area contributed by atoms with Gasteiger partial charge in [0.2, 0.25) is 0 Å². The number of aliphatic hydroxyl groups is 1. The van der Waals surface area contributed by atoms with Crippen molar-refractivity contribution >= 4 is 0 Å². The van der Waals surface area contributed by atoms with Crippen molar-refractivity contribution in [2.24, 2.45) is 11.7 Å². The maximum absolute atomic E-state index is 10.6. The first-order chi connectivity index (χ1) is 10.0. The molecule has 0 aromatic heterocycles.